The molecule has 1 atom stereocenters. The molecule has 1 unspecified atom stereocenters. The van der Waals surface area contributed by atoms with E-state index >= 15 is 0 Å². The second-order valence-electron chi connectivity index (χ2n) is 4.54. The number of hydrogen-bond acceptors (Lipinski definition) is 1. The molecule has 88 valence electrons. The smallest absolute Gasteiger partial charge is 0.163 e. The third kappa shape index (κ3) is 3.97. The minimum Gasteiger partial charge on any atom is -0.294 e. The average molecular weight is 239 g/mol. The highest BCUT2D eigenvalue weighted by Crippen LogP contribution is 2.19. The number of aryl methyl sites for hydroxylation is 1. The first-order valence-electron chi connectivity index (χ1n) is 5.83. The fourth-order valence-electron chi connectivity index (χ4n) is 1.93. The molecule has 0 N–H and O–H groups in total. The first kappa shape index (κ1) is 13.2. The van der Waals surface area contributed by atoms with E-state index in [-0.39, 0.29) is 5.78 Å². The van der Waals surface area contributed by atoms with Gasteiger partial charge in [0, 0.05) is 17.0 Å². The largest absolute Gasteiger partial charge is 0.294 e. The van der Waals surface area contributed by atoms with E-state index in [0.717, 1.165) is 24.0 Å². The quantitative estimate of drug-likeness (QED) is 0.682. The zero-order valence-electron chi connectivity index (χ0n) is 10.2. The number of carbonyl (C=O) groups is 1. The number of Topliss-reactive ketones (excluding diaryl/α,β-unsaturated/α-hetero) is 1. The molecule has 0 bridgehead atoms. The molecule has 0 saturated heterocycles. The van der Waals surface area contributed by atoms with Crippen LogP contribution in [0.4, 0.5) is 0 Å². The Labute approximate surface area is 103 Å². The van der Waals surface area contributed by atoms with Crippen molar-refractivity contribution in [2.45, 2.75) is 40.0 Å². The zero-order chi connectivity index (χ0) is 12.1. The van der Waals surface area contributed by atoms with Gasteiger partial charge in [-0.1, -0.05) is 38.3 Å². The van der Waals surface area contributed by atoms with Crippen molar-refractivity contribution in [3.63, 3.8) is 0 Å². The summed E-state index contributed by atoms with van der Waals surface area (Å²) in [5.41, 5.74) is 1.78. The van der Waals surface area contributed by atoms with Gasteiger partial charge in [-0.2, -0.15) is 0 Å². The Kier molecular flexibility index (Phi) is 5.01. The van der Waals surface area contributed by atoms with Crippen LogP contribution in [0.5, 0.6) is 0 Å². The van der Waals surface area contributed by atoms with E-state index < -0.39 is 0 Å². The molecule has 1 aromatic carbocycles. The van der Waals surface area contributed by atoms with Crippen LogP contribution < -0.4 is 0 Å². The van der Waals surface area contributed by atoms with Gasteiger partial charge < -0.3 is 0 Å². The standard InChI is InChI=1S/C14H19ClO/c1-4-5-10(2)8-14(16)12-6-11(3)7-13(15)9-12/h6-7,9-10H,4-5,8H2,1-3H3. The molecule has 0 heterocycles. The highest BCUT2D eigenvalue weighted by atomic mass is 35.5. The van der Waals surface area contributed by atoms with E-state index in [1.165, 1.54) is 0 Å². The average Bonchev–Trinajstić information content (AvgIpc) is 2.16. The Bertz CT molecular complexity index is 351. The van der Waals surface area contributed by atoms with E-state index in [9.17, 15) is 4.79 Å². The van der Waals surface area contributed by atoms with Gasteiger partial charge in [-0.3, -0.25) is 4.79 Å². The van der Waals surface area contributed by atoms with Crippen molar-refractivity contribution in [3.05, 3.63) is 34.3 Å². The summed E-state index contributed by atoms with van der Waals surface area (Å²) >= 11 is 5.94. The number of rotatable bonds is 5. The lowest BCUT2D eigenvalue weighted by Crippen LogP contribution is -2.06. The molecule has 0 amide bonds. The summed E-state index contributed by atoms with van der Waals surface area (Å²) in [7, 11) is 0. The number of benzene rings is 1. The molecule has 1 rings (SSSR count). The van der Waals surface area contributed by atoms with Crippen LogP contribution in [-0.4, -0.2) is 5.78 Å². The first-order valence-corrected chi connectivity index (χ1v) is 6.21. The van der Waals surface area contributed by atoms with E-state index in [1.54, 1.807) is 6.07 Å². The SMILES string of the molecule is CCCC(C)CC(=O)c1cc(C)cc(Cl)c1. The Balaban J connectivity index is 2.72. The van der Waals surface area contributed by atoms with E-state index in [0.29, 0.717) is 17.4 Å². The summed E-state index contributed by atoms with van der Waals surface area (Å²) in [6.07, 6.45) is 2.85. The topological polar surface area (TPSA) is 17.1 Å². The number of carbonyl (C=O) groups excluding carboxylic acids is 1. The maximum atomic E-state index is 12.0. The van der Waals surface area contributed by atoms with Gasteiger partial charge in [0.15, 0.2) is 5.78 Å². The fraction of sp³-hybridized carbons (Fsp3) is 0.500. The predicted molar refractivity (Wildman–Crippen MR) is 69.2 cm³/mol. The molecule has 16 heavy (non-hydrogen) atoms. The summed E-state index contributed by atoms with van der Waals surface area (Å²) < 4.78 is 0. The number of hydrogen-bond donors (Lipinski definition) is 0. The van der Waals surface area contributed by atoms with Crippen molar-refractivity contribution < 1.29 is 4.79 Å². The minimum absolute atomic E-state index is 0.201. The van der Waals surface area contributed by atoms with Gasteiger partial charge in [-0.25, -0.2) is 0 Å². The minimum atomic E-state index is 0.201. The molecule has 0 aliphatic rings. The van der Waals surface area contributed by atoms with Crippen molar-refractivity contribution in [1.29, 1.82) is 0 Å². The second-order valence-corrected chi connectivity index (χ2v) is 4.97. The maximum Gasteiger partial charge on any atom is 0.163 e. The highest BCUT2D eigenvalue weighted by molar-refractivity contribution is 6.31. The number of halogens is 1. The zero-order valence-corrected chi connectivity index (χ0v) is 11.0. The van der Waals surface area contributed by atoms with Crippen LogP contribution in [0.1, 0.15) is 49.0 Å². The van der Waals surface area contributed by atoms with E-state index in [2.05, 4.69) is 13.8 Å². The highest BCUT2D eigenvalue weighted by Gasteiger charge is 2.11. The molecule has 0 fully saturated rings. The summed E-state index contributed by atoms with van der Waals surface area (Å²) in [6.45, 7) is 6.22. The number of ketones is 1. The fourth-order valence-corrected chi connectivity index (χ4v) is 2.22. The lowest BCUT2D eigenvalue weighted by atomic mass is 9.95. The summed E-state index contributed by atoms with van der Waals surface area (Å²) in [6, 6.07) is 5.54. The van der Waals surface area contributed by atoms with Crippen molar-refractivity contribution in [2.75, 3.05) is 0 Å². The molecule has 0 saturated carbocycles. The Morgan fingerprint density at radius 1 is 1.38 bits per heavy atom. The third-order valence-corrected chi connectivity index (χ3v) is 2.90. The second kappa shape index (κ2) is 6.05. The molecule has 1 nitrogen and oxygen atoms in total. The van der Waals surface area contributed by atoms with Gasteiger partial charge in [-0.05, 0) is 36.6 Å². The monoisotopic (exact) mass is 238 g/mol. The summed E-state index contributed by atoms with van der Waals surface area (Å²) in [4.78, 5) is 12.0. The van der Waals surface area contributed by atoms with Gasteiger partial charge in [0.1, 0.15) is 0 Å². The van der Waals surface area contributed by atoms with Crippen molar-refractivity contribution >= 4 is 17.4 Å². The van der Waals surface area contributed by atoms with E-state index in [4.69, 9.17) is 11.6 Å². The molecular weight excluding hydrogens is 220 g/mol. The first-order chi connectivity index (χ1) is 7.52. The van der Waals surface area contributed by atoms with Gasteiger partial charge in [0.2, 0.25) is 0 Å². The van der Waals surface area contributed by atoms with Crippen LogP contribution in [0, 0.1) is 12.8 Å². The predicted octanol–water partition coefficient (Wildman–Crippen LogP) is 4.66. The van der Waals surface area contributed by atoms with Gasteiger partial charge in [0.05, 0.1) is 0 Å². The van der Waals surface area contributed by atoms with Crippen LogP contribution in [-0.2, 0) is 0 Å². The van der Waals surface area contributed by atoms with Crippen LogP contribution in [0.25, 0.3) is 0 Å². The van der Waals surface area contributed by atoms with Crippen LogP contribution in [0.2, 0.25) is 5.02 Å². The molecule has 0 aliphatic carbocycles. The van der Waals surface area contributed by atoms with Crippen molar-refractivity contribution in [1.82, 2.24) is 0 Å². The van der Waals surface area contributed by atoms with E-state index in [1.807, 2.05) is 19.1 Å². The molecule has 0 aliphatic heterocycles. The molecular formula is C14H19ClO. The lowest BCUT2D eigenvalue weighted by molar-refractivity contribution is 0.0962. The van der Waals surface area contributed by atoms with Gasteiger partial charge >= 0.3 is 0 Å². The van der Waals surface area contributed by atoms with Crippen LogP contribution in [0.15, 0.2) is 18.2 Å². The maximum absolute atomic E-state index is 12.0. The summed E-state index contributed by atoms with van der Waals surface area (Å²) in [5, 5.41) is 0.645. The van der Waals surface area contributed by atoms with Crippen molar-refractivity contribution in [2.24, 2.45) is 5.92 Å². The molecule has 0 spiro atoms. The Morgan fingerprint density at radius 2 is 2.06 bits per heavy atom. The van der Waals surface area contributed by atoms with Crippen LogP contribution in [0.3, 0.4) is 0 Å². The van der Waals surface area contributed by atoms with Crippen molar-refractivity contribution in [3.8, 4) is 0 Å². The van der Waals surface area contributed by atoms with Gasteiger partial charge in [-0.15, -0.1) is 0 Å². The Morgan fingerprint density at radius 3 is 2.62 bits per heavy atom. The van der Waals surface area contributed by atoms with Crippen LogP contribution >= 0.6 is 11.6 Å². The lowest BCUT2D eigenvalue weighted by Gasteiger charge is -2.09. The summed E-state index contributed by atoms with van der Waals surface area (Å²) in [5.74, 6) is 0.656. The normalized spacial score (nSPS) is 12.5. The molecule has 2 heteroatoms. The Hall–Kier alpha value is -0.820. The third-order valence-electron chi connectivity index (χ3n) is 2.68. The molecule has 0 aromatic heterocycles. The molecule has 0 radical (unpaired) electrons. The van der Waals surface area contributed by atoms with Gasteiger partial charge in [0.25, 0.3) is 0 Å². The molecule has 1 aromatic rings.